The van der Waals surface area contributed by atoms with Crippen molar-refractivity contribution in [2.24, 2.45) is 0 Å². The van der Waals surface area contributed by atoms with Crippen LogP contribution in [0.2, 0.25) is 0 Å². The molecular weight excluding hydrogens is 657 g/mol. The quantitative estimate of drug-likeness (QED) is 0.134. The molecule has 14 aromatic carbocycles. The number of methoxy groups -OCH3 is 1. The number of fused-ring (bicyclic) bond motifs is 4. The van der Waals surface area contributed by atoms with E-state index in [1.54, 1.807) is 43.4 Å². The number of hydrogen-bond donors (Lipinski definition) is 0. The zero-order valence-electron chi connectivity index (χ0n) is 29.1. The first-order chi connectivity index (χ1) is 26.7. The SMILES string of the molecule is COC(=O)CCCC1(c2ccccc2)C23C=Cc4c5ccc6c7ccc8c9ccc%10c%11c%12c(c%13c2c4c2c5c6c4c7c8c5c9c%10c%12c6c%13c2c4c65)C31C=C%11. The van der Waals surface area contributed by atoms with Crippen molar-refractivity contribution in [3.8, 4) is 0 Å². The predicted molar refractivity (Wildman–Crippen MR) is 224 cm³/mol. The van der Waals surface area contributed by atoms with Crippen molar-refractivity contribution in [3.63, 3.8) is 0 Å². The molecular formula is C52H24O2. The van der Waals surface area contributed by atoms with Crippen molar-refractivity contribution in [2.75, 3.05) is 7.11 Å². The average molecular weight is 681 g/mol. The second-order valence-electron chi connectivity index (χ2n) is 17.8. The topological polar surface area (TPSA) is 26.3 Å². The number of ether oxygens (including phenoxy) is 1. The van der Waals surface area contributed by atoms with Crippen molar-refractivity contribution in [1.82, 2.24) is 0 Å². The summed E-state index contributed by atoms with van der Waals surface area (Å²) in [6.45, 7) is 0. The Morgan fingerprint density at radius 2 is 0.889 bits per heavy atom. The van der Waals surface area contributed by atoms with Crippen LogP contribution in [0.15, 0.2) is 78.9 Å². The van der Waals surface area contributed by atoms with Gasteiger partial charge in [0.1, 0.15) is 0 Å². The smallest absolute Gasteiger partial charge is 0.305 e. The lowest BCUT2D eigenvalue weighted by molar-refractivity contribution is -0.140. The Balaban J connectivity index is 1.20. The molecule has 4 aliphatic rings. The van der Waals surface area contributed by atoms with Gasteiger partial charge in [0.05, 0.1) is 7.11 Å². The number of rotatable bonds is 5. The maximum absolute atomic E-state index is 12.8. The van der Waals surface area contributed by atoms with E-state index in [9.17, 15) is 4.79 Å². The third-order valence-corrected chi connectivity index (χ3v) is 16.9. The zero-order chi connectivity index (χ0) is 34.3. The van der Waals surface area contributed by atoms with E-state index in [0.717, 1.165) is 12.8 Å². The molecule has 4 aliphatic carbocycles. The number of hydrogen-bond acceptors (Lipinski definition) is 2. The van der Waals surface area contributed by atoms with E-state index < -0.39 is 0 Å². The minimum atomic E-state index is -0.262. The van der Waals surface area contributed by atoms with Crippen LogP contribution in [0.25, 0.3) is 141 Å². The van der Waals surface area contributed by atoms with Gasteiger partial charge in [-0.05, 0) is 170 Å². The lowest BCUT2D eigenvalue weighted by Crippen LogP contribution is -2.25. The number of carbonyl (C=O) groups excluding carboxylic acids is 1. The average Bonchev–Trinajstić information content (AvgIpc) is 3.91. The highest BCUT2D eigenvalue weighted by Gasteiger charge is 2.89. The molecule has 18 rings (SSSR count). The normalized spacial score (nSPS) is 24.4. The van der Waals surface area contributed by atoms with Crippen LogP contribution in [0.4, 0.5) is 0 Å². The number of allylic oxidation sites excluding steroid dienone is 2. The Morgan fingerprint density at radius 3 is 1.37 bits per heavy atom. The molecule has 0 aliphatic heterocycles. The first-order valence-electron chi connectivity index (χ1n) is 19.7. The van der Waals surface area contributed by atoms with Crippen molar-refractivity contribution in [1.29, 1.82) is 0 Å². The summed E-state index contributed by atoms with van der Waals surface area (Å²) in [5.41, 5.74) is 6.63. The number of carbonyl (C=O) groups is 1. The van der Waals surface area contributed by atoms with Gasteiger partial charge < -0.3 is 4.74 Å². The third-order valence-electron chi connectivity index (χ3n) is 16.9. The molecule has 1 saturated carbocycles. The molecule has 0 bridgehead atoms. The van der Waals surface area contributed by atoms with Crippen LogP contribution in [-0.2, 0) is 25.8 Å². The summed E-state index contributed by atoms with van der Waals surface area (Å²) in [4.78, 5) is 12.8. The molecule has 0 heterocycles. The van der Waals surface area contributed by atoms with E-state index in [1.165, 1.54) is 121 Å². The lowest BCUT2D eigenvalue weighted by Gasteiger charge is -2.32. The van der Waals surface area contributed by atoms with Gasteiger partial charge in [0.25, 0.3) is 0 Å². The van der Waals surface area contributed by atoms with Gasteiger partial charge in [-0.15, -0.1) is 0 Å². The van der Waals surface area contributed by atoms with E-state index >= 15 is 0 Å². The van der Waals surface area contributed by atoms with Crippen LogP contribution >= 0.6 is 0 Å². The molecule has 14 aromatic rings. The molecule has 2 spiro atoms. The molecule has 2 atom stereocenters. The first kappa shape index (κ1) is 24.9. The summed E-state index contributed by atoms with van der Waals surface area (Å²) in [6.07, 6.45) is 12.6. The molecule has 2 heteroatoms. The Hall–Kier alpha value is -6.25. The molecule has 0 amide bonds. The first-order valence-corrected chi connectivity index (χ1v) is 19.7. The molecule has 0 aromatic heterocycles. The van der Waals surface area contributed by atoms with Crippen LogP contribution < -0.4 is 0 Å². The fourth-order valence-electron chi connectivity index (χ4n) is 15.9. The van der Waals surface area contributed by atoms with Crippen LogP contribution in [-0.4, -0.2) is 13.1 Å². The van der Waals surface area contributed by atoms with Crippen molar-refractivity contribution >= 4 is 147 Å². The summed E-state index contributed by atoms with van der Waals surface area (Å²) in [7, 11) is 1.53. The van der Waals surface area contributed by atoms with E-state index in [2.05, 4.69) is 91.0 Å². The summed E-state index contributed by atoms with van der Waals surface area (Å²) >= 11 is 0. The van der Waals surface area contributed by atoms with Crippen molar-refractivity contribution in [2.45, 2.75) is 35.5 Å². The third kappa shape index (κ3) is 1.75. The van der Waals surface area contributed by atoms with E-state index in [1.807, 2.05) is 0 Å². The van der Waals surface area contributed by atoms with Gasteiger partial charge in [-0.2, -0.15) is 0 Å². The van der Waals surface area contributed by atoms with Gasteiger partial charge in [0, 0.05) is 22.7 Å². The highest BCUT2D eigenvalue weighted by molar-refractivity contribution is 6.66. The monoisotopic (exact) mass is 680 g/mol. The summed E-state index contributed by atoms with van der Waals surface area (Å²) in [6, 6.07) is 26.2. The largest absolute Gasteiger partial charge is 0.469 e. The molecule has 0 radical (unpaired) electrons. The Morgan fingerprint density at radius 1 is 0.481 bits per heavy atom. The zero-order valence-corrected chi connectivity index (χ0v) is 29.1. The van der Waals surface area contributed by atoms with E-state index in [-0.39, 0.29) is 22.2 Å². The molecule has 2 unspecified atom stereocenters. The molecule has 0 N–H and O–H groups in total. The minimum Gasteiger partial charge on any atom is -0.469 e. The number of benzene rings is 9. The highest BCUT2D eigenvalue weighted by atomic mass is 16.5. The van der Waals surface area contributed by atoms with Crippen molar-refractivity contribution in [3.05, 3.63) is 107 Å². The minimum absolute atomic E-state index is 0.117. The summed E-state index contributed by atoms with van der Waals surface area (Å²) in [5, 5.41) is 35.9. The molecule has 2 nitrogen and oxygen atoms in total. The second-order valence-corrected chi connectivity index (χ2v) is 17.8. The van der Waals surface area contributed by atoms with Gasteiger partial charge in [0.2, 0.25) is 0 Å². The Bertz CT molecular complexity index is 3910. The second kappa shape index (κ2) is 6.71. The van der Waals surface area contributed by atoms with Crippen molar-refractivity contribution < 1.29 is 9.53 Å². The van der Waals surface area contributed by atoms with Crippen LogP contribution in [0.5, 0.6) is 0 Å². The standard InChI is InChI=1S/C52H24O2/c1-54-29(53)8-5-17-50(20-6-3-2-4-7-20)51-18-15-27-25-13-11-23-21-9-10-22-24-12-14-26-28-16-19-52(50,51)49-37(28)41-35(26)33(24)39-31(22)30(21)38-32(23)34(25)40-36(27)48(51)47(49)46-44(40)42(38)43(39)45(41)46/h2-4,6-7,9-16,18-19H,5,8,17H2,1H3. The van der Waals surface area contributed by atoms with Gasteiger partial charge in [0.15, 0.2) is 0 Å². The fraction of sp³-hybridized carbons (Fsp3) is 0.135. The lowest BCUT2D eigenvalue weighted by atomic mass is 9.70. The van der Waals surface area contributed by atoms with Gasteiger partial charge in [-0.25, -0.2) is 0 Å². The number of esters is 1. The van der Waals surface area contributed by atoms with Crippen LogP contribution in [0, 0.1) is 0 Å². The maximum atomic E-state index is 12.8. The van der Waals surface area contributed by atoms with Crippen LogP contribution in [0.3, 0.4) is 0 Å². The van der Waals surface area contributed by atoms with Gasteiger partial charge in [-0.3, -0.25) is 4.79 Å². The fourth-order valence-corrected chi connectivity index (χ4v) is 15.9. The highest BCUT2D eigenvalue weighted by Crippen LogP contribution is 2.90. The Kier molecular flexibility index (Phi) is 3.09. The van der Waals surface area contributed by atoms with E-state index in [0.29, 0.717) is 6.42 Å². The molecule has 0 saturated heterocycles. The maximum Gasteiger partial charge on any atom is 0.305 e. The van der Waals surface area contributed by atoms with Gasteiger partial charge in [-0.1, -0.05) is 91.0 Å². The molecule has 1 fully saturated rings. The molecule has 244 valence electrons. The molecule has 54 heavy (non-hydrogen) atoms. The van der Waals surface area contributed by atoms with E-state index in [4.69, 9.17) is 4.74 Å². The summed E-state index contributed by atoms with van der Waals surface area (Å²) in [5.74, 6) is -0.117. The summed E-state index contributed by atoms with van der Waals surface area (Å²) < 4.78 is 5.24. The Labute approximate surface area is 305 Å². The van der Waals surface area contributed by atoms with Gasteiger partial charge >= 0.3 is 5.97 Å². The predicted octanol–water partition coefficient (Wildman–Crippen LogP) is 12.7. The van der Waals surface area contributed by atoms with Crippen LogP contribution in [0.1, 0.15) is 47.1 Å².